The maximum absolute atomic E-state index is 10.4. The lowest BCUT2D eigenvalue weighted by Gasteiger charge is -1.96. The van der Waals surface area contributed by atoms with Crippen molar-refractivity contribution >= 4 is 12.0 Å². The molecular formula is C13H12N2O2. The minimum absolute atomic E-state index is 0.669. The highest BCUT2D eigenvalue weighted by Crippen LogP contribution is 2.16. The highest BCUT2D eigenvalue weighted by atomic mass is 16.4. The van der Waals surface area contributed by atoms with Gasteiger partial charge in [0.15, 0.2) is 0 Å². The summed E-state index contributed by atoms with van der Waals surface area (Å²) < 4.78 is 0. The number of hydrogen-bond donors (Lipinski definition) is 2. The van der Waals surface area contributed by atoms with Gasteiger partial charge in [-0.25, -0.2) is 9.78 Å². The first kappa shape index (κ1) is 11.1. The van der Waals surface area contributed by atoms with Gasteiger partial charge in [-0.1, -0.05) is 29.8 Å². The molecule has 2 aromatic rings. The predicted octanol–water partition coefficient (Wildman–Crippen LogP) is 2.48. The van der Waals surface area contributed by atoms with Crippen molar-refractivity contribution in [2.75, 3.05) is 0 Å². The van der Waals surface area contributed by atoms with Gasteiger partial charge in [-0.05, 0) is 13.0 Å². The Balaban J connectivity index is 2.23. The Hall–Kier alpha value is -2.36. The normalized spacial score (nSPS) is 10.9. The standard InChI is InChI=1S/C13H12N2O2/c1-9-2-4-10(5-3-9)13-14-8-11(15-13)6-7-12(16)17/h2-8H,1H3,(H,14,15)(H,16,17)/b7-6+. The van der Waals surface area contributed by atoms with Crippen molar-refractivity contribution in [3.8, 4) is 11.4 Å². The molecule has 1 heterocycles. The largest absolute Gasteiger partial charge is 0.478 e. The van der Waals surface area contributed by atoms with E-state index in [4.69, 9.17) is 5.11 Å². The number of carbonyl (C=O) groups is 1. The third-order valence-electron chi connectivity index (χ3n) is 2.33. The number of aromatic nitrogens is 2. The summed E-state index contributed by atoms with van der Waals surface area (Å²) in [6.45, 7) is 2.02. The fraction of sp³-hybridized carbons (Fsp3) is 0.0769. The van der Waals surface area contributed by atoms with Crippen molar-refractivity contribution in [1.82, 2.24) is 9.97 Å². The van der Waals surface area contributed by atoms with Crippen LogP contribution in [0.1, 0.15) is 11.3 Å². The van der Waals surface area contributed by atoms with Crippen LogP contribution >= 0.6 is 0 Å². The van der Waals surface area contributed by atoms with E-state index in [1.807, 2.05) is 31.2 Å². The first-order valence-electron chi connectivity index (χ1n) is 5.18. The Kier molecular flexibility index (Phi) is 3.05. The summed E-state index contributed by atoms with van der Waals surface area (Å²) in [6, 6.07) is 7.95. The van der Waals surface area contributed by atoms with Crippen LogP contribution in [-0.2, 0) is 4.79 Å². The quantitative estimate of drug-likeness (QED) is 0.793. The van der Waals surface area contributed by atoms with Gasteiger partial charge in [0.25, 0.3) is 0 Å². The summed E-state index contributed by atoms with van der Waals surface area (Å²) in [5.74, 6) is -0.244. The third-order valence-corrected chi connectivity index (χ3v) is 2.33. The molecule has 0 amide bonds. The Morgan fingerprint density at radius 2 is 2.06 bits per heavy atom. The number of nitrogens with zero attached hydrogens (tertiary/aromatic N) is 1. The Morgan fingerprint density at radius 1 is 1.35 bits per heavy atom. The molecule has 4 nitrogen and oxygen atoms in total. The lowest BCUT2D eigenvalue weighted by atomic mass is 10.1. The van der Waals surface area contributed by atoms with Gasteiger partial charge in [-0.3, -0.25) is 0 Å². The van der Waals surface area contributed by atoms with Gasteiger partial charge in [-0.2, -0.15) is 0 Å². The molecule has 1 aromatic carbocycles. The van der Waals surface area contributed by atoms with Gasteiger partial charge < -0.3 is 10.1 Å². The molecule has 0 radical (unpaired) electrons. The Labute approximate surface area is 98.6 Å². The minimum Gasteiger partial charge on any atom is -0.478 e. The van der Waals surface area contributed by atoms with Crippen molar-refractivity contribution < 1.29 is 9.90 Å². The number of carboxylic acid groups (broad SMARTS) is 1. The molecule has 2 rings (SSSR count). The molecule has 2 N–H and O–H groups in total. The van der Waals surface area contributed by atoms with Gasteiger partial charge >= 0.3 is 5.97 Å². The molecule has 0 bridgehead atoms. The molecule has 4 heteroatoms. The Morgan fingerprint density at radius 3 is 2.71 bits per heavy atom. The van der Waals surface area contributed by atoms with E-state index in [0.717, 1.165) is 17.5 Å². The van der Waals surface area contributed by atoms with E-state index >= 15 is 0 Å². The number of H-pyrrole nitrogens is 1. The average molecular weight is 228 g/mol. The van der Waals surface area contributed by atoms with Crippen molar-refractivity contribution in [3.05, 3.63) is 47.8 Å². The predicted molar refractivity (Wildman–Crippen MR) is 65.4 cm³/mol. The lowest BCUT2D eigenvalue weighted by molar-refractivity contribution is -0.131. The van der Waals surface area contributed by atoms with Crippen LogP contribution in [0, 0.1) is 6.92 Å². The van der Waals surface area contributed by atoms with E-state index in [-0.39, 0.29) is 0 Å². The van der Waals surface area contributed by atoms with Crippen molar-refractivity contribution in [1.29, 1.82) is 0 Å². The van der Waals surface area contributed by atoms with Gasteiger partial charge in [-0.15, -0.1) is 0 Å². The summed E-state index contributed by atoms with van der Waals surface area (Å²) in [6.07, 6.45) is 4.16. The van der Waals surface area contributed by atoms with E-state index in [0.29, 0.717) is 5.69 Å². The fourth-order valence-corrected chi connectivity index (χ4v) is 1.44. The second-order valence-corrected chi connectivity index (χ2v) is 3.72. The number of hydrogen-bond acceptors (Lipinski definition) is 2. The summed E-state index contributed by atoms with van der Waals surface area (Å²) >= 11 is 0. The highest BCUT2D eigenvalue weighted by Gasteiger charge is 2.01. The number of benzene rings is 1. The number of imidazole rings is 1. The number of carboxylic acids is 1. The smallest absolute Gasteiger partial charge is 0.328 e. The summed E-state index contributed by atoms with van der Waals surface area (Å²) in [4.78, 5) is 17.6. The van der Waals surface area contributed by atoms with E-state index < -0.39 is 5.97 Å². The fourth-order valence-electron chi connectivity index (χ4n) is 1.44. The Bertz CT molecular complexity index is 553. The van der Waals surface area contributed by atoms with Gasteiger partial charge in [0.1, 0.15) is 5.82 Å². The van der Waals surface area contributed by atoms with Crippen LogP contribution in [0.15, 0.2) is 36.5 Å². The summed E-state index contributed by atoms with van der Waals surface area (Å²) in [5.41, 5.74) is 2.83. The minimum atomic E-state index is -0.975. The molecule has 0 saturated heterocycles. The maximum atomic E-state index is 10.4. The number of aryl methyl sites for hydroxylation is 1. The second kappa shape index (κ2) is 4.65. The van der Waals surface area contributed by atoms with Gasteiger partial charge in [0.2, 0.25) is 0 Å². The van der Waals surface area contributed by atoms with Crippen LogP contribution in [0.2, 0.25) is 0 Å². The third kappa shape index (κ3) is 2.81. The molecule has 0 aliphatic rings. The molecule has 86 valence electrons. The lowest BCUT2D eigenvalue weighted by Crippen LogP contribution is -1.85. The number of aromatic amines is 1. The maximum Gasteiger partial charge on any atom is 0.328 e. The average Bonchev–Trinajstić information content (AvgIpc) is 2.76. The number of nitrogens with one attached hydrogen (secondary N) is 1. The first-order valence-corrected chi connectivity index (χ1v) is 5.18. The SMILES string of the molecule is Cc1ccc(-c2ncc(/C=C/C(=O)O)[nH]2)cc1. The highest BCUT2D eigenvalue weighted by molar-refractivity contribution is 5.84. The molecule has 0 atom stereocenters. The molecule has 0 spiro atoms. The zero-order chi connectivity index (χ0) is 12.3. The van der Waals surface area contributed by atoms with Crippen molar-refractivity contribution in [2.45, 2.75) is 6.92 Å². The summed E-state index contributed by atoms with van der Waals surface area (Å²) in [5, 5.41) is 8.51. The molecule has 0 aliphatic heterocycles. The number of rotatable bonds is 3. The van der Waals surface area contributed by atoms with Crippen LogP contribution < -0.4 is 0 Å². The van der Waals surface area contributed by atoms with E-state index in [2.05, 4.69) is 9.97 Å². The molecule has 17 heavy (non-hydrogen) atoms. The van der Waals surface area contributed by atoms with Crippen LogP contribution in [-0.4, -0.2) is 21.0 Å². The first-order chi connectivity index (χ1) is 8.15. The van der Waals surface area contributed by atoms with Crippen LogP contribution in [0.4, 0.5) is 0 Å². The zero-order valence-corrected chi connectivity index (χ0v) is 9.34. The van der Waals surface area contributed by atoms with E-state index in [1.165, 1.54) is 11.6 Å². The molecule has 0 unspecified atom stereocenters. The zero-order valence-electron chi connectivity index (χ0n) is 9.34. The molecule has 0 saturated carbocycles. The molecule has 1 aromatic heterocycles. The van der Waals surface area contributed by atoms with Crippen molar-refractivity contribution in [2.24, 2.45) is 0 Å². The van der Waals surface area contributed by atoms with Gasteiger partial charge in [0.05, 0.1) is 11.9 Å². The molecular weight excluding hydrogens is 216 g/mol. The van der Waals surface area contributed by atoms with E-state index in [9.17, 15) is 4.79 Å². The van der Waals surface area contributed by atoms with Crippen LogP contribution in [0.5, 0.6) is 0 Å². The van der Waals surface area contributed by atoms with Crippen molar-refractivity contribution in [3.63, 3.8) is 0 Å². The van der Waals surface area contributed by atoms with Crippen LogP contribution in [0.25, 0.3) is 17.5 Å². The topological polar surface area (TPSA) is 66.0 Å². The second-order valence-electron chi connectivity index (χ2n) is 3.72. The van der Waals surface area contributed by atoms with Gasteiger partial charge in [0, 0.05) is 11.6 Å². The van der Waals surface area contributed by atoms with E-state index in [1.54, 1.807) is 6.20 Å². The monoisotopic (exact) mass is 228 g/mol. The van der Waals surface area contributed by atoms with Crippen LogP contribution in [0.3, 0.4) is 0 Å². The number of aliphatic carboxylic acids is 1. The molecule has 0 aliphatic carbocycles. The summed E-state index contributed by atoms with van der Waals surface area (Å²) in [7, 11) is 0. The molecule has 0 fully saturated rings.